The molecule has 3 rings (SSSR count). The molecule has 0 amide bonds. The van der Waals surface area contributed by atoms with E-state index < -0.39 is 5.97 Å². The van der Waals surface area contributed by atoms with E-state index in [1.165, 1.54) is 7.11 Å². The van der Waals surface area contributed by atoms with Crippen LogP contribution in [0.4, 0.5) is 0 Å². The average molecular weight is 467 g/mol. The van der Waals surface area contributed by atoms with Crippen molar-refractivity contribution in [3.63, 3.8) is 0 Å². The first-order valence-electron chi connectivity index (χ1n) is 9.12. The van der Waals surface area contributed by atoms with Crippen LogP contribution in [0.5, 0.6) is 5.75 Å². The summed E-state index contributed by atoms with van der Waals surface area (Å²) in [6.07, 6.45) is 0. The molecule has 0 spiro atoms. The van der Waals surface area contributed by atoms with Crippen LogP contribution in [-0.2, 0) is 17.9 Å². The van der Waals surface area contributed by atoms with Crippen LogP contribution in [0.15, 0.2) is 63.9 Å². The van der Waals surface area contributed by atoms with Crippen LogP contribution in [0.1, 0.15) is 32.7 Å². The second-order valence-corrected chi connectivity index (χ2v) is 7.39. The number of hydrogen-bond acceptors (Lipinski definition) is 5. The molecule has 0 radical (unpaired) electrons. The molecule has 0 atom stereocenters. The van der Waals surface area contributed by atoms with Crippen LogP contribution in [0.2, 0.25) is 0 Å². The quantitative estimate of drug-likeness (QED) is 0.508. The van der Waals surface area contributed by atoms with Gasteiger partial charge in [0.2, 0.25) is 0 Å². The number of aromatic nitrogens is 1. The van der Waals surface area contributed by atoms with Gasteiger partial charge in [0.25, 0.3) is 5.56 Å². The zero-order valence-corrected chi connectivity index (χ0v) is 18.1. The van der Waals surface area contributed by atoms with Crippen molar-refractivity contribution >= 4 is 21.9 Å². The fourth-order valence-electron chi connectivity index (χ4n) is 2.97. The number of halogens is 1. The predicted molar refractivity (Wildman–Crippen MR) is 116 cm³/mol. The number of rotatable bonds is 6. The number of nitrogens with zero attached hydrogens (tertiary/aromatic N) is 2. The van der Waals surface area contributed by atoms with Crippen LogP contribution >= 0.6 is 15.9 Å². The molecule has 0 aliphatic heterocycles. The summed E-state index contributed by atoms with van der Waals surface area (Å²) in [5.41, 5.74) is 3.11. The van der Waals surface area contributed by atoms with Gasteiger partial charge in [-0.25, -0.2) is 4.79 Å². The molecule has 3 aromatic rings. The summed E-state index contributed by atoms with van der Waals surface area (Å²) < 4.78 is 12.5. The molecule has 0 unspecified atom stereocenters. The van der Waals surface area contributed by atoms with E-state index >= 15 is 0 Å². The van der Waals surface area contributed by atoms with E-state index in [4.69, 9.17) is 9.47 Å². The number of aryl methyl sites for hydroxylation is 1. The van der Waals surface area contributed by atoms with E-state index in [1.807, 2.05) is 19.1 Å². The number of ether oxygens (including phenoxy) is 2. The summed E-state index contributed by atoms with van der Waals surface area (Å²) in [7, 11) is 1.33. The minimum absolute atomic E-state index is 0.181. The standard InChI is InChI=1S/C23H19BrN2O4/c1-15-11-20(30-14-19-6-4-3-5-18(19)12-25)21(24)22(27)26(15)13-16-7-9-17(10-8-16)23(28)29-2/h3-11H,13-14H2,1-2H3. The second-order valence-electron chi connectivity index (χ2n) is 6.60. The summed E-state index contributed by atoms with van der Waals surface area (Å²) in [4.78, 5) is 24.4. The van der Waals surface area contributed by atoms with Gasteiger partial charge in [0.15, 0.2) is 0 Å². The zero-order chi connectivity index (χ0) is 21.7. The van der Waals surface area contributed by atoms with E-state index in [1.54, 1.807) is 47.0 Å². The molecule has 0 aliphatic rings. The van der Waals surface area contributed by atoms with Crippen molar-refractivity contribution < 1.29 is 14.3 Å². The highest BCUT2D eigenvalue weighted by molar-refractivity contribution is 9.10. The minimum Gasteiger partial charge on any atom is -0.487 e. The summed E-state index contributed by atoms with van der Waals surface area (Å²) in [5.74, 6) is 0.0136. The molecule has 0 saturated carbocycles. The Morgan fingerprint density at radius 2 is 1.87 bits per heavy atom. The molecule has 0 aliphatic carbocycles. The second kappa shape index (κ2) is 9.42. The van der Waals surface area contributed by atoms with Gasteiger partial charge in [-0.2, -0.15) is 5.26 Å². The molecular weight excluding hydrogens is 448 g/mol. The number of nitriles is 1. The van der Waals surface area contributed by atoms with E-state index in [9.17, 15) is 14.9 Å². The average Bonchev–Trinajstić information content (AvgIpc) is 2.78. The van der Waals surface area contributed by atoms with Gasteiger partial charge >= 0.3 is 5.97 Å². The Kier molecular flexibility index (Phi) is 6.70. The highest BCUT2D eigenvalue weighted by atomic mass is 79.9. The van der Waals surface area contributed by atoms with Gasteiger partial charge in [-0.05, 0) is 46.6 Å². The summed E-state index contributed by atoms with van der Waals surface area (Å²) in [6.45, 7) is 2.36. The Bertz CT molecular complexity index is 1180. The van der Waals surface area contributed by atoms with Crippen molar-refractivity contribution in [2.24, 2.45) is 0 Å². The molecule has 2 aromatic carbocycles. The predicted octanol–water partition coefficient (Wildman–Crippen LogP) is 4.20. The molecule has 6 nitrogen and oxygen atoms in total. The number of pyridine rings is 1. The fourth-order valence-corrected chi connectivity index (χ4v) is 3.42. The lowest BCUT2D eigenvalue weighted by molar-refractivity contribution is 0.0600. The van der Waals surface area contributed by atoms with Gasteiger partial charge in [-0.1, -0.05) is 30.3 Å². The number of carbonyl (C=O) groups is 1. The number of methoxy groups -OCH3 is 1. The molecule has 0 N–H and O–H groups in total. The lowest BCUT2D eigenvalue weighted by Crippen LogP contribution is -2.24. The third-order valence-electron chi connectivity index (χ3n) is 4.65. The van der Waals surface area contributed by atoms with E-state index in [0.29, 0.717) is 27.9 Å². The van der Waals surface area contributed by atoms with Gasteiger partial charge in [0.05, 0.1) is 30.9 Å². The Morgan fingerprint density at radius 3 is 2.53 bits per heavy atom. The monoisotopic (exact) mass is 466 g/mol. The molecule has 7 heteroatoms. The van der Waals surface area contributed by atoms with Crippen LogP contribution in [0, 0.1) is 18.3 Å². The van der Waals surface area contributed by atoms with Gasteiger partial charge in [-0.15, -0.1) is 0 Å². The number of carbonyl (C=O) groups excluding carboxylic acids is 1. The van der Waals surface area contributed by atoms with E-state index in [-0.39, 0.29) is 12.2 Å². The lowest BCUT2D eigenvalue weighted by atomic mass is 10.1. The first-order chi connectivity index (χ1) is 14.4. The van der Waals surface area contributed by atoms with Crippen molar-refractivity contribution in [2.75, 3.05) is 7.11 Å². The Balaban J connectivity index is 1.82. The topological polar surface area (TPSA) is 81.3 Å². The third-order valence-corrected chi connectivity index (χ3v) is 5.38. The van der Waals surface area contributed by atoms with Gasteiger partial charge in [-0.3, -0.25) is 4.79 Å². The Labute approximate surface area is 182 Å². The van der Waals surface area contributed by atoms with Gasteiger partial charge < -0.3 is 14.0 Å². The Morgan fingerprint density at radius 1 is 1.17 bits per heavy atom. The molecule has 0 fully saturated rings. The maximum Gasteiger partial charge on any atom is 0.337 e. The summed E-state index contributed by atoms with van der Waals surface area (Å²) in [5, 5.41) is 9.20. The van der Waals surface area contributed by atoms with Crippen LogP contribution in [-0.4, -0.2) is 17.6 Å². The first kappa shape index (κ1) is 21.3. The number of benzene rings is 2. The van der Waals surface area contributed by atoms with Crippen molar-refractivity contribution in [3.05, 3.63) is 97.4 Å². The van der Waals surface area contributed by atoms with E-state index in [2.05, 4.69) is 22.0 Å². The normalized spacial score (nSPS) is 10.3. The zero-order valence-electron chi connectivity index (χ0n) is 16.5. The molecule has 152 valence electrons. The fraction of sp³-hybridized carbons (Fsp3) is 0.174. The molecule has 30 heavy (non-hydrogen) atoms. The van der Waals surface area contributed by atoms with Crippen LogP contribution in [0.25, 0.3) is 0 Å². The Hall–Kier alpha value is -3.37. The van der Waals surface area contributed by atoms with Crippen LogP contribution in [0.3, 0.4) is 0 Å². The first-order valence-corrected chi connectivity index (χ1v) is 9.92. The largest absolute Gasteiger partial charge is 0.487 e. The highest BCUT2D eigenvalue weighted by Gasteiger charge is 2.14. The minimum atomic E-state index is -0.405. The van der Waals surface area contributed by atoms with Gasteiger partial charge in [0.1, 0.15) is 16.8 Å². The van der Waals surface area contributed by atoms with Crippen molar-refractivity contribution in [1.82, 2.24) is 4.57 Å². The van der Waals surface area contributed by atoms with Crippen LogP contribution < -0.4 is 10.3 Å². The SMILES string of the molecule is COC(=O)c1ccc(Cn2c(C)cc(OCc3ccccc3C#N)c(Br)c2=O)cc1. The number of esters is 1. The lowest BCUT2D eigenvalue weighted by Gasteiger charge is -2.15. The molecule has 1 aromatic heterocycles. The van der Waals surface area contributed by atoms with Crippen molar-refractivity contribution in [1.29, 1.82) is 5.26 Å². The number of hydrogen-bond donors (Lipinski definition) is 0. The van der Waals surface area contributed by atoms with E-state index in [0.717, 1.165) is 16.8 Å². The molecular formula is C23H19BrN2O4. The van der Waals surface area contributed by atoms with Crippen molar-refractivity contribution in [2.45, 2.75) is 20.1 Å². The summed E-state index contributed by atoms with van der Waals surface area (Å²) in [6, 6.07) is 18.0. The molecule has 1 heterocycles. The molecule has 0 bridgehead atoms. The maximum absolute atomic E-state index is 12.9. The highest BCUT2D eigenvalue weighted by Crippen LogP contribution is 2.24. The summed E-state index contributed by atoms with van der Waals surface area (Å²) >= 11 is 3.34. The maximum atomic E-state index is 12.9. The molecule has 0 saturated heterocycles. The van der Waals surface area contributed by atoms with Gasteiger partial charge in [0, 0.05) is 17.3 Å². The smallest absolute Gasteiger partial charge is 0.337 e. The third kappa shape index (κ3) is 4.61. The van der Waals surface area contributed by atoms with Crippen molar-refractivity contribution in [3.8, 4) is 11.8 Å².